The first-order valence-corrected chi connectivity index (χ1v) is 12.2. The number of fused-ring (bicyclic) bond motifs is 1. The predicted octanol–water partition coefficient (Wildman–Crippen LogP) is 8.38. The zero-order chi connectivity index (χ0) is 23.2. The van der Waals surface area contributed by atoms with Crippen LogP contribution in [0.25, 0.3) is 0 Å². The summed E-state index contributed by atoms with van der Waals surface area (Å²) in [5, 5.41) is 0. The van der Waals surface area contributed by atoms with Gasteiger partial charge in [0.1, 0.15) is 0 Å². The summed E-state index contributed by atoms with van der Waals surface area (Å²) in [7, 11) is 0. The predicted molar refractivity (Wildman–Crippen MR) is 132 cm³/mol. The maximum absolute atomic E-state index is 13.0. The molecule has 31 heavy (non-hydrogen) atoms. The summed E-state index contributed by atoms with van der Waals surface area (Å²) in [6, 6.07) is 7.18. The van der Waals surface area contributed by atoms with Gasteiger partial charge in [-0.15, -0.1) is 0 Å². The lowest BCUT2D eigenvalue weighted by Crippen LogP contribution is -2.20. The molecule has 0 N–H and O–H groups in total. The minimum Gasteiger partial charge on any atom is -0.289 e. The monoisotopic (exact) mass is 422 g/mol. The summed E-state index contributed by atoms with van der Waals surface area (Å²) in [5.74, 6) is 1.57. The van der Waals surface area contributed by atoms with Crippen molar-refractivity contribution in [3.05, 3.63) is 58.2 Å². The van der Waals surface area contributed by atoms with Gasteiger partial charge in [0.25, 0.3) is 0 Å². The van der Waals surface area contributed by atoms with Gasteiger partial charge in [0, 0.05) is 22.3 Å². The van der Waals surface area contributed by atoms with Crippen LogP contribution in [0.5, 0.6) is 0 Å². The van der Waals surface area contributed by atoms with Gasteiger partial charge in [-0.25, -0.2) is 0 Å². The molecular weight excluding hydrogens is 380 g/mol. The Morgan fingerprint density at radius 2 is 1.65 bits per heavy atom. The molecule has 0 heterocycles. The van der Waals surface area contributed by atoms with Crippen LogP contribution in [-0.2, 0) is 0 Å². The SMILES string of the molecule is CCC(C)CC(C)CCC(C)(CC)C/C(C)=C/CC1=C(C)C(=O)c2ccccc2C1=O. The van der Waals surface area contributed by atoms with E-state index in [4.69, 9.17) is 0 Å². The van der Waals surface area contributed by atoms with Crippen LogP contribution in [0.2, 0.25) is 0 Å². The summed E-state index contributed by atoms with van der Waals surface area (Å²) in [4.78, 5) is 25.7. The molecule has 2 rings (SSSR count). The molecule has 0 amide bonds. The van der Waals surface area contributed by atoms with E-state index >= 15 is 0 Å². The highest BCUT2D eigenvalue weighted by Gasteiger charge is 2.29. The summed E-state index contributed by atoms with van der Waals surface area (Å²) in [6.45, 7) is 15.7. The molecule has 0 saturated heterocycles. The van der Waals surface area contributed by atoms with Crippen LogP contribution in [0.1, 0.15) is 114 Å². The molecule has 3 unspecified atom stereocenters. The molecule has 0 radical (unpaired) electrons. The van der Waals surface area contributed by atoms with E-state index in [0.29, 0.717) is 28.7 Å². The number of ketones is 2. The minimum atomic E-state index is -0.00931. The van der Waals surface area contributed by atoms with Gasteiger partial charge in [-0.1, -0.05) is 89.8 Å². The second-order valence-electron chi connectivity index (χ2n) is 10.3. The van der Waals surface area contributed by atoms with Crippen LogP contribution in [0.3, 0.4) is 0 Å². The van der Waals surface area contributed by atoms with Crippen molar-refractivity contribution in [1.82, 2.24) is 0 Å². The molecule has 170 valence electrons. The van der Waals surface area contributed by atoms with Crippen molar-refractivity contribution in [2.24, 2.45) is 17.3 Å². The number of allylic oxidation sites excluding steroid dienone is 4. The second-order valence-corrected chi connectivity index (χ2v) is 10.3. The van der Waals surface area contributed by atoms with Crippen molar-refractivity contribution in [2.75, 3.05) is 0 Å². The average molecular weight is 423 g/mol. The average Bonchev–Trinajstić information content (AvgIpc) is 2.76. The molecule has 0 spiro atoms. The van der Waals surface area contributed by atoms with Crippen molar-refractivity contribution in [3.63, 3.8) is 0 Å². The lowest BCUT2D eigenvalue weighted by Gasteiger charge is -2.31. The van der Waals surface area contributed by atoms with E-state index < -0.39 is 0 Å². The van der Waals surface area contributed by atoms with Gasteiger partial charge < -0.3 is 0 Å². The number of hydrogen-bond acceptors (Lipinski definition) is 2. The molecule has 3 atom stereocenters. The Hall–Kier alpha value is -1.96. The fraction of sp³-hybridized carbons (Fsp3) is 0.586. The number of carbonyl (C=O) groups excluding carboxylic acids is 2. The molecule has 1 aromatic rings. The van der Waals surface area contributed by atoms with Gasteiger partial charge in [0.05, 0.1) is 0 Å². The summed E-state index contributed by atoms with van der Waals surface area (Å²) in [6.07, 6.45) is 10.0. The fourth-order valence-electron chi connectivity index (χ4n) is 4.77. The van der Waals surface area contributed by atoms with Crippen LogP contribution in [0.15, 0.2) is 47.1 Å². The van der Waals surface area contributed by atoms with Crippen LogP contribution in [-0.4, -0.2) is 11.6 Å². The molecule has 0 saturated carbocycles. The Morgan fingerprint density at radius 3 is 2.23 bits per heavy atom. The summed E-state index contributed by atoms with van der Waals surface area (Å²) >= 11 is 0. The lowest BCUT2D eigenvalue weighted by atomic mass is 9.75. The fourth-order valence-corrected chi connectivity index (χ4v) is 4.77. The van der Waals surface area contributed by atoms with Crippen LogP contribution >= 0.6 is 0 Å². The summed E-state index contributed by atoms with van der Waals surface area (Å²) < 4.78 is 0. The molecule has 2 nitrogen and oxygen atoms in total. The number of rotatable bonds is 11. The molecule has 0 aliphatic heterocycles. The molecule has 2 heteroatoms. The molecule has 0 fully saturated rings. The highest BCUT2D eigenvalue weighted by molar-refractivity contribution is 6.26. The molecule has 0 bridgehead atoms. The van der Waals surface area contributed by atoms with Crippen molar-refractivity contribution < 1.29 is 9.59 Å². The zero-order valence-electron chi connectivity index (χ0n) is 20.8. The topological polar surface area (TPSA) is 34.1 Å². The van der Waals surface area contributed by atoms with E-state index in [1.54, 1.807) is 19.1 Å². The number of benzene rings is 1. The molecule has 1 aliphatic rings. The Kier molecular flexibility index (Phi) is 9.03. The van der Waals surface area contributed by atoms with Gasteiger partial charge in [-0.2, -0.15) is 0 Å². The van der Waals surface area contributed by atoms with E-state index in [1.807, 2.05) is 12.1 Å². The van der Waals surface area contributed by atoms with E-state index in [9.17, 15) is 9.59 Å². The second kappa shape index (κ2) is 11.1. The van der Waals surface area contributed by atoms with Gasteiger partial charge in [-0.3, -0.25) is 9.59 Å². The smallest absolute Gasteiger partial charge is 0.190 e. The van der Waals surface area contributed by atoms with E-state index in [2.05, 4.69) is 47.6 Å². The highest BCUT2D eigenvalue weighted by Crippen LogP contribution is 2.37. The Morgan fingerprint density at radius 1 is 1.03 bits per heavy atom. The van der Waals surface area contributed by atoms with Gasteiger partial charge in [-0.05, 0) is 56.8 Å². The highest BCUT2D eigenvalue weighted by atomic mass is 16.1. The van der Waals surface area contributed by atoms with E-state index in [0.717, 1.165) is 24.7 Å². The first-order chi connectivity index (χ1) is 14.6. The largest absolute Gasteiger partial charge is 0.289 e. The molecule has 1 aromatic carbocycles. The molecule has 1 aliphatic carbocycles. The first kappa shape index (κ1) is 25.3. The first-order valence-electron chi connectivity index (χ1n) is 12.2. The Labute approximate surface area is 190 Å². The number of hydrogen-bond donors (Lipinski definition) is 0. The lowest BCUT2D eigenvalue weighted by molar-refractivity contribution is 0.0973. The summed E-state index contributed by atoms with van der Waals surface area (Å²) in [5.41, 5.74) is 3.95. The van der Waals surface area contributed by atoms with E-state index in [1.165, 1.54) is 31.3 Å². The number of Topliss-reactive ketones (excluding diaryl/α,β-unsaturated/α-hetero) is 2. The standard InChI is InChI=1S/C29H42O2/c1-8-20(3)18-21(4)16-17-29(7,9-2)19-22(5)14-15-24-23(6)27(30)25-12-10-11-13-26(25)28(24)31/h10-14,20-21H,8-9,15-19H2,1-7H3/b22-14+. The van der Waals surface area contributed by atoms with Crippen LogP contribution in [0, 0.1) is 17.3 Å². The van der Waals surface area contributed by atoms with Crippen LogP contribution in [0.4, 0.5) is 0 Å². The van der Waals surface area contributed by atoms with Crippen molar-refractivity contribution >= 4 is 11.6 Å². The van der Waals surface area contributed by atoms with Crippen molar-refractivity contribution in [3.8, 4) is 0 Å². The van der Waals surface area contributed by atoms with Crippen molar-refractivity contribution in [1.29, 1.82) is 0 Å². The minimum absolute atomic E-state index is 0.00821. The van der Waals surface area contributed by atoms with Gasteiger partial charge in [0.2, 0.25) is 0 Å². The molecular formula is C29H42O2. The van der Waals surface area contributed by atoms with Crippen LogP contribution < -0.4 is 0 Å². The third-order valence-corrected chi connectivity index (χ3v) is 7.44. The number of carbonyl (C=O) groups is 2. The Balaban J connectivity index is 2.04. The third-order valence-electron chi connectivity index (χ3n) is 7.44. The molecule has 0 aromatic heterocycles. The van der Waals surface area contributed by atoms with Crippen molar-refractivity contribution in [2.45, 2.75) is 93.4 Å². The normalized spacial score (nSPS) is 18.6. The third kappa shape index (κ3) is 6.51. The van der Waals surface area contributed by atoms with Gasteiger partial charge >= 0.3 is 0 Å². The quantitative estimate of drug-likeness (QED) is 0.336. The van der Waals surface area contributed by atoms with E-state index in [-0.39, 0.29) is 17.0 Å². The maximum Gasteiger partial charge on any atom is 0.190 e. The zero-order valence-corrected chi connectivity index (χ0v) is 20.8. The maximum atomic E-state index is 13.0. The Bertz CT molecular complexity index is 857. The van der Waals surface area contributed by atoms with Gasteiger partial charge in [0.15, 0.2) is 11.6 Å².